The van der Waals surface area contributed by atoms with Crippen LogP contribution in [0, 0.1) is 0 Å². The second kappa shape index (κ2) is 5.58. The molecule has 1 heterocycles. The molecule has 94 valence electrons. The fourth-order valence-corrected chi connectivity index (χ4v) is 1.89. The van der Waals surface area contributed by atoms with E-state index in [0.29, 0.717) is 6.04 Å². The summed E-state index contributed by atoms with van der Waals surface area (Å²) in [6, 6.07) is 8.92. The Hall–Kier alpha value is -1.96. The van der Waals surface area contributed by atoms with Crippen molar-refractivity contribution >= 4 is 11.8 Å². The van der Waals surface area contributed by atoms with Crippen molar-refractivity contribution in [3.8, 4) is 0 Å². The summed E-state index contributed by atoms with van der Waals surface area (Å²) in [5.74, 6) is 0. The standard InChI is InChI=1S/C16H20N2/c1-17(2)15-10-7-14(8-11-15)9-12-16-6-4-5-13-18(16)3/h4-13,16H,1-3H3. The number of anilines is 1. The van der Waals surface area contributed by atoms with Crippen LogP contribution in [-0.2, 0) is 0 Å². The Morgan fingerprint density at radius 1 is 1.11 bits per heavy atom. The summed E-state index contributed by atoms with van der Waals surface area (Å²) in [4.78, 5) is 4.29. The molecule has 2 heteroatoms. The third kappa shape index (κ3) is 3.04. The van der Waals surface area contributed by atoms with Gasteiger partial charge in [-0.3, -0.25) is 0 Å². The molecule has 0 aliphatic carbocycles. The quantitative estimate of drug-likeness (QED) is 0.801. The minimum Gasteiger partial charge on any atom is -0.378 e. The predicted molar refractivity (Wildman–Crippen MR) is 79.6 cm³/mol. The Morgan fingerprint density at radius 3 is 2.44 bits per heavy atom. The first-order chi connectivity index (χ1) is 8.66. The van der Waals surface area contributed by atoms with Gasteiger partial charge < -0.3 is 9.80 Å². The molecule has 1 aromatic carbocycles. The molecular weight excluding hydrogens is 220 g/mol. The Bertz CT molecular complexity index is 466. The van der Waals surface area contributed by atoms with E-state index in [1.54, 1.807) is 0 Å². The number of hydrogen-bond donors (Lipinski definition) is 0. The average Bonchev–Trinajstić information content (AvgIpc) is 2.38. The van der Waals surface area contributed by atoms with E-state index in [4.69, 9.17) is 0 Å². The zero-order valence-corrected chi connectivity index (χ0v) is 11.2. The van der Waals surface area contributed by atoms with Gasteiger partial charge in [-0.05, 0) is 30.0 Å². The van der Waals surface area contributed by atoms with Crippen molar-refractivity contribution in [1.29, 1.82) is 0 Å². The Balaban J connectivity index is 2.05. The average molecular weight is 240 g/mol. The van der Waals surface area contributed by atoms with E-state index in [-0.39, 0.29) is 0 Å². The maximum Gasteiger partial charge on any atom is 0.0654 e. The molecule has 0 aromatic heterocycles. The minimum atomic E-state index is 0.350. The van der Waals surface area contributed by atoms with Crippen molar-refractivity contribution in [2.45, 2.75) is 6.04 Å². The van der Waals surface area contributed by atoms with Gasteiger partial charge in [0.2, 0.25) is 0 Å². The molecule has 1 atom stereocenters. The molecule has 1 unspecified atom stereocenters. The summed E-state index contributed by atoms with van der Waals surface area (Å²) in [7, 11) is 6.20. The van der Waals surface area contributed by atoms with E-state index in [1.165, 1.54) is 11.3 Å². The van der Waals surface area contributed by atoms with Gasteiger partial charge in [-0.1, -0.05) is 36.4 Å². The van der Waals surface area contributed by atoms with Crippen molar-refractivity contribution in [2.24, 2.45) is 0 Å². The second-order valence-corrected chi connectivity index (χ2v) is 4.73. The lowest BCUT2D eigenvalue weighted by Gasteiger charge is -2.23. The molecule has 0 saturated heterocycles. The van der Waals surface area contributed by atoms with E-state index in [9.17, 15) is 0 Å². The molecule has 0 spiro atoms. The number of likely N-dealkylation sites (N-methyl/N-ethyl adjacent to an activating group) is 1. The first-order valence-corrected chi connectivity index (χ1v) is 6.19. The van der Waals surface area contributed by atoms with Crippen LogP contribution in [0.3, 0.4) is 0 Å². The zero-order valence-electron chi connectivity index (χ0n) is 11.2. The van der Waals surface area contributed by atoms with Gasteiger partial charge in [0.25, 0.3) is 0 Å². The topological polar surface area (TPSA) is 6.48 Å². The van der Waals surface area contributed by atoms with Crippen LogP contribution in [0.1, 0.15) is 5.56 Å². The zero-order chi connectivity index (χ0) is 13.0. The number of hydrogen-bond acceptors (Lipinski definition) is 2. The maximum atomic E-state index is 2.21. The van der Waals surface area contributed by atoms with E-state index in [2.05, 4.69) is 91.8 Å². The maximum absolute atomic E-state index is 2.21. The van der Waals surface area contributed by atoms with Crippen LogP contribution < -0.4 is 4.90 Å². The largest absolute Gasteiger partial charge is 0.378 e. The monoisotopic (exact) mass is 240 g/mol. The van der Waals surface area contributed by atoms with Gasteiger partial charge in [0.05, 0.1) is 6.04 Å². The molecule has 2 rings (SSSR count). The van der Waals surface area contributed by atoms with Crippen molar-refractivity contribution < 1.29 is 0 Å². The molecule has 1 aliphatic heterocycles. The highest BCUT2D eigenvalue weighted by molar-refractivity contribution is 5.56. The number of benzene rings is 1. The summed E-state index contributed by atoms with van der Waals surface area (Å²) >= 11 is 0. The van der Waals surface area contributed by atoms with E-state index in [0.717, 1.165) is 0 Å². The Labute approximate surface area is 110 Å². The first kappa shape index (κ1) is 12.5. The third-order valence-electron chi connectivity index (χ3n) is 3.11. The number of rotatable bonds is 3. The number of nitrogens with zero attached hydrogens (tertiary/aromatic N) is 2. The molecule has 0 N–H and O–H groups in total. The van der Waals surface area contributed by atoms with Crippen LogP contribution in [0.2, 0.25) is 0 Å². The summed E-state index contributed by atoms with van der Waals surface area (Å²) < 4.78 is 0. The highest BCUT2D eigenvalue weighted by Crippen LogP contribution is 2.14. The normalized spacial score (nSPS) is 18.6. The summed E-state index contributed by atoms with van der Waals surface area (Å²) in [5, 5.41) is 0. The smallest absolute Gasteiger partial charge is 0.0654 e. The second-order valence-electron chi connectivity index (χ2n) is 4.73. The highest BCUT2D eigenvalue weighted by atomic mass is 15.1. The lowest BCUT2D eigenvalue weighted by Crippen LogP contribution is -2.24. The lowest BCUT2D eigenvalue weighted by atomic mass is 10.1. The Morgan fingerprint density at radius 2 is 1.83 bits per heavy atom. The van der Waals surface area contributed by atoms with Crippen molar-refractivity contribution in [3.05, 3.63) is 60.3 Å². The van der Waals surface area contributed by atoms with Crippen LogP contribution in [0.15, 0.2) is 54.8 Å². The van der Waals surface area contributed by atoms with Crippen LogP contribution in [0.5, 0.6) is 0 Å². The molecule has 0 fully saturated rings. The molecule has 0 bridgehead atoms. The van der Waals surface area contributed by atoms with Crippen molar-refractivity contribution in [1.82, 2.24) is 4.90 Å². The van der Waals surface area contributed by atoms with Gasteiger partial charge in [0.15, 0.2) is 0 Å². The molecule has 0 saturated carbocycles. The molecule has 1 aromatic rings. The molecule has 1 aliphatic rings. The predicted octanol–water partition coefficient (Wildman–Crippen LogP) is 3.15. The third-order valence-corrected chi connectivity index (χ3v) is 3.11. The molecule has 0 radical (unpaired) electrons. The van der Waals surface area contributed by atoms with Crippen LogP contribution >= 0.6 is 0 Å². The molecule has 0 amide bonds. The fraction of sp³-hybridized carbons (Fsp3) is 0.250. The summed E-state index contributed by atoms with van der Waals surface area (Å²) in [5.41, 5.74) is 2.46. The minimum absolute atomic E-state index is 0.350. The lowest BCUT2D eigenvalue weighted by molar-refractivity contribution is 0.434. The first-order valence-electron chi connectivity index (χ1n) is 6.19. The fourth-order valence-electron chi connectivity index (χ4n) is 1.89. The summed E-state index contributed by atoms with van der Waals surface area (Å²) in [6.45, 7) is 0. The van der Waals surface area contributed by atoms with Crippen LogP contribution in [-0.4, -0.2) is 32.1 Å². The van der Waals surface area contributed by atoms with Gasteiger partial charge in [0.1, 0.15) is 0 Å². The van der Waals surface area contributed by atoms with Crippen LogP contribution in [0.4, 0.5) is 5.69 Å². The molecule has 2 nitrogen and oxygen atoms in total. The highest BCUT2D eigenvalue weighted by Gasteiger charge is 2.05. The van der Waals surface area contributed by atoms with Gasteiger partial charge in [-0.2, -0.15) is 0 Å². The van der Waals surface area contributed by atoms with Gasteiger partial charge in [-0.25, -0.2) is 0 Å². The van der Waals surface area contributed by atoms with Gasteiger partial charge >= 0.3 is 0 Å². The summed E-state index contributed by atoms with van der Waals surface area (Å²) in [6.07, 6.45) is 12.8. The van der Waals surface area contributed by atoms with Gasteiger partial charge in [0, 0.05) is 26.8 Å². The van der Waals surface area contributed by atoms with Crippen molar-refractivity contribution in [2.75, 3.05) is 26.0 Å². The molecule has 18 heavy (non-hydrogen) atoms. The van der Waals surface area contributed by atoms with Crippen LogP contribution in [0.25, 0.3) is 6.08 Å². The molecular formula is C16H20N2. The van der Waals surface area contributed by atoms with E-state index in [1.807, 2.05) is 0 Å². The number of allylic oxidation sites excluding steroid dienone is 2. The Kier molecular flexibility index (Phi) is 3.88. The van der Waals surface area contributed by atoms with E-state index >= 15 is 0 Å². The SMILES string of the molecule is CN(C)c1ccc(C=CC2C=CC=CN2C)cc1. The van der Waals surface area contributed by atoms with Gasteiger partial charge in [-0.15, -0.1) is 0 Å². The van der Waals surface area contributed by atoms with Crippen molar-refractivity contribution in [3.63, 3.8) is 0 Å². The van der Waals surface area contributed by atoms with E-state index < -0.39 is 0 Å².